The lowest BCUT2D eigenvalue weighted by molar-refractivity contribution is 0.0588. The minimum Gasteiger partial charge on any atom is -0.497 e. The lowest BCUT2D eigenvalue weighted by Crippen LogP contribution is -2.13. The third-order valence-corrected chi connectivity index (χ3v) is 4.50. The fourth-order valence-corrected chi connectivity index (χ4v) is 3.15. The topological polar surface area (TPSA) is 107 Å². The number of sulfonamides is 1. The van der Waals surface area contributed by atoms with Crippen LogP contribution in [0.5, 0.6) is 5.75 Å². The molecule has 0 radical (unpaired) electrons. The Morgan fingerprint density at radius 1 is 1.24 bits per heavy atom. The highest BCUT2D eigenvalue weighted by Crippen LogP contribution is 2.20. The molecule has 1 N–H and O–H groups in total. The summed E-state index contributed by atoms with van der Waals surface area (Å²) in [4.78, 5) is 15.0. The average molecular weight is 329 g/mol. The number of rotatable bonds is 5. The molecule has 0 amide bonds. The smallest absolute Gasteiger partial charge is 0.377 e. The van der Waals surface area contributed by atoms with Gasteiger partial charge < -0.3 is 9.47 Å². The molecule has 0 aliphatic rings. The summed E-state index contributed by atoms with van der Waals surface area (Å²) >= 11 is 0.746. The Hall–Kier alpha value is -2.20. The molecular formula is C11H11N3O5S2. The Kier molecular flexibility index (Phi) is 4.38. The molecule has 21 heavy (non-hydrogen) atoms. The van der Waals surface area contributed by atoms with Crippen molar-refractivity contribution in [1.82, 2.24) is 9.36 Å². The number of methoxy groups -OCH3 is 2. The van der Waals surface area contributed by atoms with E-state index < -0.39 is 16.0 Å². The van der Waals surface area contributed by atoms with Crippen molar-refractivity contribution < 1.29 is 22.7 Å². The van der Waals surface area contributed by atoms with E-state index in [1.807, 2.05) is 0 Å². The van der Waals surface area contributed by atoms with Gasteiger partial charge in [-0.3, -0.25) is 4.72 Å². The largest absolute Gasteiger partial charge is 0.497 e. The third-order valence-electron chi connectivity index (χ3n) is 2.39. The molecule has 0 atom stereocenters. The Morgan fingerprint density at radius 2 is 1.90 bits per heavy atom. The third kappa shape index (κ3) is 3.47. The first kappa shape index (κ1) is 15.2. The molecule has 1 aromatic carbocycles. The number of benzene rings is 1. The number of aromatic nitrogens is 2. The van der Waals surface area contributed by atoms with Gasteiger partial charge in [0.1, 0.15) is 5.75 Å². The van der Waals surface area contributed by atoms with Crippen LogP contribution in [-0.4, -0.2) is 38.0 Å². The molecular weight excluding hydrogens is 318 g/mol. The predicted molar refractivity (Wildman–Crippen MR) is 75.1 cm³/mol. The number of nitrogens with one attached hydrogen (secondary N) is 1. The van der Waals surface area contributed by atoms with E-state index in [1.54, 1.807) is 0 Å². The average Bonchev–Trinajstić information content (AvgIpc) is 2.94. The summed E-state index contributed by atoms with van der Waals surface area (Å²) in [5.74, 6) is -0.395. The van der Waals surface area contributed by atoms with E-state index in [2.05, 4.69) is 18.8 Å². The van der Waals surface area contributed by atoms with Crippen LogP contribution in [0.4, 0.5) is 5.13 Å². The molecule has 8 nitrogen and oxygen atoms in total. The van der Waals surface area contributed by atoms with Crippen molar-refractivity contribution >= 4 is 32.7 Å². The van der Waals surface area contributed by atoms with Crippen molar-refractivity contribution in [2.45, 2.75) is 4.90 Å². The van der Waals surface area contributed by atoms with Crippen molar-refractivity contribution in [3.8, 4) is 5.75 Å². The second-order valence-corrected chi connectivity index (χ2v) is 6.13. The van der Waals surface area contributed by atoms with Crippen molar-refractivity contribution in [3.63, 3.8) is 0 Å². The highest BCUT2D eigenvalue weighted by molar-refractivity contribution is 7.93. The Labute approximate surface area is 125 Å². The first-order chi connectivity index (χ1) is 9.96. The summed E-state index contributed by atoms with van der Waals surface area (Å²) in [5, 5.41) is -0.0220. The Morgan fingerprint density at radius 3 is 2.48 bits per heavy atom. The van der Waals surface area contributed by atoms with E-state index in [4.69, 9.17) is 4.74 Å². The number of carbonyl (C=O) groups is 1. The fraction of sp³-hybridized carbons (Fsp3) is 0.182. The van der Waals surface area contributed by atoms with Crippen LogP contribution in [-0.2, 0) is 14.8 Å². The summed E-state index contributed by atoms with van der Waals surface area (Å²) < 4.78 is 39.6. The molecule has 0 saturated carbocycles. The van der Waals surface area contributed by atoms with Gasteiger partial charge in [0, 0.05) is 11.5 Å². The standard InChI is InChI=1S/C11H11N3O5S2/c1-18-7-3-5-8(6-4-7)21(16,17)14-11-12-9(13-20-11)10(15)19-2/h3-6H,1-2H3,(H,12,13,14). The predicted octanol–water partition coefficient (Wildman–Crippen LogP) is 1.13. The Balaban J connectivity index is 2.20. The van der Waals surface area contributed by atoms with Crippen LogP contribution < -0.4 is 9.46 Å². The van der Waals surface area contributed by atoms with Gasteiger partial charge in [-0.1, -0.05) is 0 Å². The van der Waals surface area contributed by atoms with E-state index in [-0.39, 0.29) is 15.9 Å². The molecule has 2 rings (SSSR count). The zero-order chi connectivity index (χ0) is 15.5. The zero-order valence-electron chi connectivity index (χ0n) is 11.1. The van der Waals surface area contributed by atoms with E-state index in [0.717, 1.165) is 11.5 Å². The van der Waals surface area contributed by atoms with Gasteiger partial charge in [-0.2, -0.15) is 9.36 Å². The highest BCUT2D eigenvalue weighted by atomic mass is 32.2. The lowest BCUT2D eigenvalue weighted by Gasteiger charge is -2.05. The van der Waals surface area contributed by atoms with Gasteiger partial charge in [0.15, 0.2) is 0 Å². The number of esters is 1. The van der Waals surface area contributed by atoms with E-state index in [9.17, 15) is 13.2 Å². The minimum atomic E-state index is -3.81. The summed E-state index contributed by atoms with van der Waals surface area (Å²) in [6.07, 6.45) is 0. The Bertz CT molecular complexity index is 739. The molecule has 0 spiro atoms. The molecule has 0 aliphatic carbocycles. The number of nitrogens with zero attached hydrogens (tertiary/aromatic N) is 2. The van der Waals surface area contributed by atoms with Crippen LogP contribution in [0.25, 0.3) is 0 Å². The molecule has 0 fully saturated rings. The van der Waals surface area contributed by atoms with Gasteiger partial charge in [-0.15, -0.1) is 0 Å². The van der Waals surface area contributed by atoms with Crippen molar-refractivity contribution in [1.29, 1.82) is 0 Å². The summed E-state index contributed by atoms with van der Waals surface area (Å²) in [6, 6.07) is 5.83. The van der Waals surface area contributed by atoms with Crippen LogP contribution in [0.1, 0.15) is 10.6 Å². The first-order valence-corrected chi connectivity index (χ1v) is 7.81. The highest BCUT2D eigenvalue weighted by Gasteiger charge is 2.19. The van der Waals surface area contributed by atoms with Crippen LogP contribution in [0.15, 0.2) is 29.2 Å². The second-order valence-electron chi connectivity index (χ2n) is 3.70. The van der Waals surface area contributed by atoms with Crippen LogP contribution in [0.2, 0.25) is 0 Å². The summed E-state index contributed by atoms with van der Waals surface area (Å²) in [5.41, 5.74) is 0. The maximum Gasteiger partial charge on any atom is 0.377 e. The molecule has 1 aromatic heterocycles. The van der Waals surface area contributed by atoms with Gasteiger partial charge in [-0.25, -0.2) is 13.2 Å². The normalized spacial score (nSPS) is 11.0. The molecule has 0 saturated heterocycles. The fourth-order valence-electron chi connectivity index (χ4n) is 1.37. The van der Waals surface area contributed by atoms with Gasteiger partial charge in [0.05, 0.1) is 19.1 Å². The molecule has 1 heterocycles. The maximum absolute atomic E-state index is 12.1. The molecule has 2 aromatic rings. The molecule has 0 unspecified atom stereocenters. The number of ether oxygens (including phenoxy) is 2. The van der Waals surface area contributed by atoms with Gasteiger partial charge in [-0.05, 0) is 24.3 Å². The molecule has 0 aliphatic heterocycles. The van der Waals surface area contributed by atoms with Gasteiger partial charge in [0.2, 0.25) is 5.13 Å². The van der Waals surface area contributed by atoms with Gasteiger partial charge >= 0.3 is 5.97 Å². The minimum absolute atomic E-state index is 0.0220. The maximum atomic E-state index is 12.1. The summed E-state index contributed by atoms with van der Waals surface area (Å²) in [7, 11) is -1.14. The second kappa shape index (κ2) is 6.06. The molecule has 112 valence electrons. The SMILES string of the molecule is COC(=O)c1nsc(NS(=O)(=O)c2ccc(OC)cc2)n1. The number of anilines is 1. The first-order valence-electron chi connectivity index (χ1n) is 5.55. The van der Waals surface area contributed by atoms with E-state index in [0.29, 0.717) is 5.75 Å². The quantitative estimate of drug-likeness (QED) is 0.819. The molecule has 10 heteroatoms. The van der Waals surface area contributed by atoms with Crippen LogP contribution in [0.3, 0.4) is 0 Å². The van der Waals surface area contributed by atoms with Crippen LogP contribution >= 0.6 is 11.5 Å². The van der Waals surface area contributed by atoms with Crippen molar-refractivity contribution in [2.75, 3.05) is 18.9 Å². The number of carbonyl (C=O) groups excluding carboxylic acids is 1. The molecule has 0 bridgehead atoms. The van der Waals surface area contributed by atoms with Crippen molar-refractivity contribution in [2.24, 2.45) is 0 Å². The lowest BCUT2D eigenvalue weighted by atomic mass is 10.3. The van der Waals surface area contributed by atoms with Crippen molar-refractivity contribution in [3.05, 3.63) is 30.1 Å². The van der Waals surface area contributed by atoms with E-state index >= 15 is 0 Å². The monoisotopic (exact) mass is 329 g/mol. The number of hydrogen-bond acceptors (Lipinski definition) is 8. The van der Waals surface area contributed by atoms with Gasteiger partial charge in [0.25, 0.3) is 15.8 Å². The van der Waals surface area contributed by atoms with Crippen LogP contribution in [0, 0.1) is 0 Å². The summed E-state index contributed by atoms with van der Waals surface area (Å²) in [6.45, 7) is 0. The number of hydrogen-bond donors (Lipinski definition) is 1. The zero-order valence-corrected chi connectivity index (χ0v) is 12.7. The van der Waals surface area contributed by atoms with E-state index in [1.165, 1.54) is 38.5 Å².